The summed E-state index contributed by atoms with van der Waals surface area (Å²) in [7, 11) is 3.64. The molecule has 1 saturated heterocycles. The quantitative estimate of drug-likeness (QED) is 0.597. The van der Waals surface area contributed by atoms with Crippen LogP contribution in [0.15, 0.2) is 0 Å². The van der Waals surface area contributed by atoms with Gasteiger partial charge in [-0.05, 0) is 20.0 Å². The summed E-state index contributed by atoms with van der Waals surface area (Å²) in [4.78, 5) is 14.0. The summed E-state index contributed by atoms with van der Waals surface area (Å²) in [6.07, 6.45) is 0.129. The number of likely N-dealkylation sites (tertiary alicyclic amines) is 1. The molecule has 4 heteroatoms. The summed E-state index contributed by atoms with van der Waals surface area (Å²) in [5.74, 6) is 0. The van der Waals surface area contributed by atoms with E-state index >= 15 is 0 Å². The zero-order chi connectivity index (χ0) is 8.43. The molecule has 0 aromatic carbocycles. The van der Waals surface area contributed by atoms with Crippen molar-refractivity contribution in [3.05, 3.63) is 0 Å². The van der Waals surface area contributed by atoms with Crippen LogP contribution >= 0.6 is 0 Å². The van der Waals surface area contributed by atoms with Crippen molar-refractivity contribution >= 4 is 6.09 Å². The van der Waals surface area contributed by atoms with E-state index in [0.29, 0.717) is 0 Å². The Bertz CT molecular complexity index is 161. The van der Waals surface area contributed by atoms with Crippen molar-refractivity contribution in [2.45, 2.75) is 12.5 Å². The van der Waals surface area contributed by atoms with Crippen LogP contribution in [0.2, 0.25) is 0 Å². The second-order valence-electron chi connectivity index (χ2n) is 3.10. The molecule has 0 spiro atoms. The minimum atomic E-state index is -0.828. The molecule has 1 atom stereocenters. The van der Waals surface area contributed by atoms with Gasteiger partial charge < -0.3 is 14.9 Å². The van der Waals surface area contributed by atoms with Gasteiger partial charge in [0.05, 0.1) is 0 Å². The summed E-state index contributed by atoms with van der Waals surface area (Å²) in [5.41, 5.74) is 0. The molecule has 1 aliphatic heterocycles. The van der Waals surface area contributed by atoms with Gasteiger partial charge in [-0.3, -0.25) is 0 Å². The Morgan fingerprint density at radius 2 is 2.36 bits per heavy atom. The van der Waals surface area contributed by atoms with Gasteiger partial charge in [0, 0.05) is 19.6 Å². The fraction of sp³-hybridized carbons (Fsp3) is 0.857. The first kappa shape index (κ1) is 8.33. The van der Waals surface area contributed by atoms with Crippen molar-refractivity contribution in [2.24, 2.45) is 0 Å². The molecule has 1 aliphatic rings. The standard InChI is InChI=1S/C7H14N2O2/c1-8-4-3-6(5-8)9(2)7(10)11/h6H,3-5H2,1-2H3,(H,10,11). The average Bonchev–Trinajstić information content (AvgIpc) is 2.34. The molecular formula is C7H14N2O2. The Morgan fingerprint density at radius 1 is 1.73 bits per heavy atom. The topological polar surface area (TPSA) is 43.8 Å². The van der Waals surface area contributed by atoms with E-state index in [2.05, 4.69) is 4.90 Å². The largest absolute Gasteiger partial charge is 0.465 e. The third kappa shape index (κ3) is 1.83. The highest BCUT2D eigenvalue weighted by Gasteiger charge is 2.25. The van der Waals surface area contributed by atoms with Crippen LogP contribution < -0.4 is 0 Å². The summed E-state index contributed by atoms with van der Waals surface area (Å²) in [5, 5.41) is 8.64. The molecule has 1 heterocycles. The number of amides is 1. The Kier molecular flexibility index (Phi) is 2.34. The minimum absolute atomic E-state index is 0.192. The molecule has 1 N–H and O–H groups in total. The van der Waals surface area contributed by atoms with E-state index in [9.17, 15) is 4.79 Å². The highest BCUT2D eigenvalue weighted by molar-refractivity contribution is 5.65. The molecule has 1 rings (SSSR count). The number of rotatable bonds is 1. The molecule has 0 radical (unpaired) electrons. The summed E-state index contributed by atoms with van der Waals surface area (Å²) >= 11 is 0. The molecule has 1 amide bonds. The van der Waals surface area contributed by atoms with Crippen LogP contribution in [0.25, 0.3) is 0 Å². The van der Waals surface area contributed by atoms with Crippen LogP contribution in [0.3, 0.4) is 0 Å². The van der Waals surface area contributed by atoms with Crippen LogP contribution in [-0.4, -0.2) is 54.2 Å². The zero-order valence-electron chi connectivity index (χ0n) is 6.95. The molecule has 11 heavy (non-hydrogen) atoms. The number of hydrogen-bond donors (Lipinski definition) is 1. The fourth-order valence-corrected chi connectivity index (χ4v) is 1.38. The maximum atomic E-state index is 10.5. The van der Waals surface area contributed by atoms with Crippen molar-refractivity contribution < 1.29 is 9.90 Å². The van der Waals surface area contributed by atoms with Crippen molar-refractivity contribution in [1.82, 2.24) is 9.80 Å². The lowest BCUT2D eigenvalue weighted by molar-refractivity contribution is 0.139. The molecule has 0 bridgehead atoms. The SMILES string of the molecule is CN1CCC(N(C)C(=O)O)C1. The third-order valence-corrected chi connectivity index (χ3v) is 2.22. The van der Waals surface area contributed by atoms with Gasteiger partial charge in [-0.15, -0.1) is 0 Å². The maximum Gasteiger partial charge on any atom is 0.407 e. The highest BCUT2D eigenvalue weighted by Crippen LogP contribution is 2.11. The molecule has 4 nitrogen and oxygen atoms in total. The molecule has 0 aromatic heterocycles. The number of carboxylic acid groups (broad SMARTS) is 1. The highest BCUT2D eigenvalue weighted by atomic mass is 16.4. The molecule has 64 valence electrons. The number of likely N-dealkylation sites (N-methyl/N-ethyl adjacent to an activating group) is 2. The summed E-state index contributed by atoms with van der Waals surface area (Å²) in [6, 6.07) is 0.192. The van der Waals surface area contributed by atoms with Crippen molar-refractivity contribution in [3.8, 4) is 0 Å². The summed E-state index contributed by atoms with van der Waals surface area (Å²) < 4.78 is 0. The van der Waals surface area contributed by atoms with Crippen LogP contribution in [0.1, 0.15) is 6.42 Å². The van der Waals surface area contributed by atoms with E-state index in [1.165, 1.54) is 4.90 Å². The Labute approximate surface area is 66.4 Å². The van der Waals surface area contributed by atoms with Crippen LogP contribution in [0.5, 0.6) is 0 Å². The number of nitrogens with zero attached hydrogens (tertiary/aromatic N) is 2. The molecule has 0 aromatic rings. The predicted molar refractivity (Wildman–Crippen MR) is 41.7 cm³/mol. The monoisotopic (exact) mass is 158 g/mol. The Balaban J connectivity index is 2.43. The molecule has 0 aliphatic carbocycles. The van der Waals surface area contributed by atoms with Crippen molar-refractivity contribution in [2.75, 3.05) is 27.2 Å². The lowest BCUT2D eigenvalue weighted by atomic mass is 10.2. The molecule has 0 saturated carbocycles. The van der Waals surface area contributed by atoms with Crippen LogP contribution in [0, 0.1) is 0 Å². The van der Waals surface area contributed by atoms with Gasteiger partial charge in [-0.1, -0.05) is 0 Å². The van der Waals surface area contributed by atoms with Crippen molar-refractivity contribution in [3.63, 3.8) is 0 Å². The van der Waals surface area contributed by atoms with E-state index < -0.39 is 6.09 Å². The van der Waals surface area contributed by atoms with Crippen LogP contribution in [0.4, 0.5) is 4.79 Å². The van der Waals surface area contributed by atoms with Crippen molar-refractivity contribution in [1.29, 1.82) is 0 Å². The second-order valence-corrected chi connectivity index (χ2v) is 3.10. The summed E-state index contributed by atoms with van der Waals surface area (Å²) in [6.45, 7) is 1.87. The minimum Gasteiger partial charge on any atom is -0.465 e. The van der Waals surface area contributed by atoms with E-state index in [-0.39, 0.29) is 6.04 Å². The van der Waals surface area contributed by atoms with Gasteiger partial charge in [-0.2, -0.15) is 0 Å². The van der Waals surface area contributed by atoms with Gasteiger partial charge >= 0.3 is 6.09 Å². The normalized spacial score (nSPS) is 25.5. The lowest BCUT2D eigenvalue weighted by Gasteiger charge is -2.20. The van der Waals surface area contributed by atoms with Gasteiger partial charge in [0.1, 0.15) is 0 Å². The zero-order valence-corrected chi connectivity index (χ0v) is 6.95. The predicted octanol–water partition coefficient (Wildman–Crippen LogP) is 0.300. The number of hydrogen-bond acceptors (Lipinski definition) is 2. The van der Waals surface area contributed by atoms with E-state index in [1.54, 1.807) is 7.05 Å². The number of carbonyl (C=O) groups is 1. The van der Waals surface area contributed by atoms with E-state index in [1.807, 2.05) is 7.05 Å². The third-order valence-electron chi connectivity index (χ3n) is 2.22. The first-order chi connectivity index (χ1) is 5.11. The van der Waals surface area contributed by atoms with Gasteiger partial charge in [-0.25, -0.2) is 4.79 Å². The van der Waals surface area contributed by atoms with Gasteiger partial charge in [0.15, 0.2) is 0 Å². The fourth-order valence-electron chi connectivity index (χ4n) is 1.38. The second kappa shape index (κ2) is 3.09. The van der Waals surface area contributed by atoms with Crippen LogP contribution in [-0.2, 0) is 0 Å². The van der Waals surface area contributed by atoms with Gasteiger partial charge in [0.2, 0.25) is 0 Å². The smallest absolute Gasteiger partial charge is 0.407 e. The van der Waals surface area contributed by atoms with E-state index in [0.717, 1.165) is 19.5 Å². The Morgan fingerprint density at radius 3 is 2.73 bits per heavy atom. The molecular weight excluding hydrogens is 144 g/mol. The first-order valence-electron chi connectivity index (χ1n) is 3.75. The first-order valence-corrected chi connectivity index (χ1v) is 3.75. The van der Waals surface area contributed by atoms with Gasteiger partial charge in [0.25, 0.3) is 0 Å². The van der Waals surface area contributed by atoms with E-state index in [4.69, 9.17) is 5.11 Å². The molecule has 1 fully saturated rings. The lowest BCUT2D eigenvalue weighted by Crippen LogP contribution is -2.37. The maximum absolute atomic E-state index is 10.5. The average molecular weight is 158 g/mol. The molecule has 1 unspecified atom stereocenters. The Hall–Kier alpha value is -0.770.